The summed E-state index contributed by atoms with van der Waals surface area (Å²) in [4.78, 5) is 16.7. The fourth-order valence-electron chi connectivity index (χ4n) is 2.80. The van der Waals surface area contributed by atoms with Crippen LogP contribution in [0.15, 0.2) is 47.8 Å². The van der Waals surface area contributed by atoms with Crippen LogP contribution in [-0.4, -0.2) is 24.0 Å². The molecule has 0 radical (unpaired) electrons. The number of aromatic nitrogens is 1. The maximum Gasteiger partial charge on any atom is 0.257 e. The van der Waals surface area contributed by atoms with Crippen LogP contribution in [0.2, 0.25) is 0 Å². The lowest BCUT2D eigenvalue weighted by Crippen LogP contribution is -2.30. The van der Waals surface area contributed by atoms with Crippen molar-refractivity contribution in [1.29, 1.82) is 0 Å². The van der Waals surface area contributed by atoms with Crippen LogP contribution in [0.1, 0.15) is 22.4 Å². The molecule has 4 nitrogen and oxygen atoms in total. The van der Waals surface area contributed by atoms with Crippen LogP contribution in [0.5, 0.6) is 5.75 Å². The van der Waals surface area contributed by atoms with E-state index in [9.17, 15) is 4.79 Å². The zero-order valence-corrected chi connectivity index (χ0v) is 16.7. The first-order valence-corrected chi connectivity index (χ1v) is 9.88. The second-order valence-electron chi connectivity index (χ2n) is 6.62. The highest BCUT2D eigenvalue weighted by molar-refractivity contribution is 7.13. The molecule has 0 fully saturated rings. The van der Waals surface area contributed by atoms with Crippen molar-refractivity contribution in [3.05, 3.63) is 70.2 Å². The number of amides is 1. The number of hydrogen-bond donors (Lipinski definition) is 1. The van der Waals surface area contributed by atoms with Gasteiger partial charge in [-0.2, -0.15) is 0 Å². The van der Waals surface area contributed by atoms with Gasteiger partial charge >= 0.3 is 0 Å². The Bertz CT molecular complexity index is 896. The minimum Gasteiger partial charge on any atom is -0.483 e. The zero-order valence-electron chi connectivity index (χ0n) is 15.9. The fourth-order valence-corrected chi connectivity index (χ4v) is 3.66. The number of rotatable bonds is 7. The number of thiazole rings is 1. The van der Waals surface area contributed by atoms with E-state index in [4.69, 9.17) is 4.74 Å². The van der Waals surface area contributed by atoms with Crippen molar-refractivity contribution < 1.29 is 9.53 Å². The fraction of sp³-hybridized carbons (Fsp3) is 0.273. The summed E-state index contributed by atoms with van der Waals surface area (Å²) in [5.74, 6) is 0.668. The minimum atomic E-state index is -0.119. The molecule has 0 aliphatic heterocycles. The van der Waals surface area contributed by atoms with Gasteiger partial charge in [-0.15, -0.1) is 11.3 Å². The summed E-state index contributed by atoms with van der Waals surface area (Å²) >= 11 is 1.63. The van der Waals surface area contributed by atoms with Crippen LogP contribution >= 0.6 is 11.3 Å². The lowest BCUT2D eigenvalue weighted by atomic mass is 10.1. The predicted octanol–water partition coefficient (Wildman–Crippen LogP) is 4.47. The number of para-hydroxylation sites is 1. The summed E-state index contributed by atoms with van der Waals surface area (Å²) < 4.78 is 5.68. The first kappa shape index (κ1) is 19.1. The molecule has 0 bridgehead atoms. The standard InChI is InChI=1S/C22H24N2O2S/c1-15-7-9-18(10-8-15)22-24-19(14-27-22)11-12-23-20(25)13-26-21-16(2)5-4-6-17(21)3/h4-10,14H,11-13H2,1-3H3,(H,23,25). The molecule has 0 unspecified atom stereocenters. The molecule has 0 saturated heterocycles. The summed E-state index contributed by atoms with van der Waals surface area (Å²) in [5, 5.41) is 5.96. The van der Waals surface area contributed by atoms with E-state index in [1.165, 1.54) is 5.56 Å². The molecular weight excluding hydrogens is 356 g/mol. The predicted molar refractivity (Wildman–Crippen MR) is 110 cm³/mol. The van der Waals surface area contributed by atoms with Gasteiger partial charge < -0.3 is 10.1 Å². The molecular formula is C22H24N2O2S. The quantitative estimate of drug-likeness (QED) is 0.658. The third-order valence-corrected chi connectivity index (χ3v) is 5.25. The molecule has 1 amide bonds. The molecule has 0 spiro atoms. The molecule has 3 rings (SSSR count). The summed E-state index contributed by atoms with van der Waals surface area (Å²) in [7, 11) is 0. The van der Waals surface area contributed by atoms with Crippen LogP contribution in [0.4, 0.5) is 0 Å². The Balaban J connectivity index is 1.46. The number of carbonyl (C=O) groups is 1. The number of benzene rings is 2. The summed E-state index contributed by atoms with van der Waals surface area (Å²) in [6.07, 6.45) is 0.706. The minimum absolute atomic E-state index is 0.0252. The lowest BCUT2D eigenvalue weighted by Gasteiger charge is -2.11. The first-order valence-electron chi connectivity index (χ1n) is 9.00. The van der Waals surface area contributed by atoms with Crippen LogP contribution in [0.3, 0.4) is 0 Å². The molecule has 3 aromatic rings. The second-order valence-corrected chi connectivity index (χ2v) is 7.48. The van der Waals surface area contributed by atoms with Crippen molar-refractivity contribution in [1.82, 2.24) is 10.3 Å². The van der Waals surface area contributed by atoms with Crippen LogP contribution < -0.4 is 10.1 Å². The highest BCUT2D eigenvalue weighted by atomic mass is 32.1. The number of ether oxygens (including phenoxy) is 1. The molecule has 0 atom stereocenters. The van der Waals surface area contributed by atoms with Gasteiger partial charge in [0.15, 0.2) is 6.61 Å². The molecule has 0 saturated carbocycles. The number of hydrogen-bond acceptors (Lipinski definition) is 4. The average molecular weight is 381 g/mol. The number of nitrogens with zero attached hydrogens (tertiary/aromatic N) is 1. The molecule has 0 aliphatic carbocycles. The second kappa shape index (κ2) is 8.82. The van der Waals surface area contributed by atoms with Gasteiger partial charge in [-0.25, -0.2) is 4.98 Å². The van der Waals surface area contributed by atoms with E-state index in [2.05, 4.69) is 46.9 Å². The topological polar surface area (TPSA) is 51.2 Å². The van der Waals surface area contributed by atoms with Gasteiger partial charge in [-0.3, -0.25) is 4.79 Å². The maximum absolute atomic E-state index is 12.0. The van der Waals surface area contributed by atoms with E-state index in [0.717, 1.165) is 33.1 Å². The number of carbonyl (C=O) groups excluding carboxylic acids is 1. The smallest absolute Gasteiger partial charge is 0.257 e. The highest BCUT2D eigenvalue weighted by Crippen LogP contribution is 2.24. The third kappa shape index (κ3) is 5.17. The SMILES string of the molecule is Cc1ccc(-c2nc(CCNC(=O)COc3c(C)cccc3C)cs2)cc1. The van der Waals surface area contributed by atoms with Gasteiger partial charge in [0.1, 0.15) is 10.8 Å². The van der Waals surface area contributed by atoms with Crippen molar-refractivity contribution >= 4 is 17.2 Å². The van der Waals surface area contributed by atoms with Crippen LogP contribution in [0.25, 0.3) is 10.6 Å². The lowest BCUT2D eigenvalue weighted by molar-refractivity contribution is -0.123. The van der Waals surface area contributed by atoms with E-state index in [1.54, 1.807) is 11.3 Å². The van der Waals surface area contributed by atoms with Gasteiger partial charge in [-0.1, -0.05) is 48.0 Å². The van der Waals surface area contributed by atoms with Crippen molar-refractivity contribution in [2.45, 2.75) is 27.2 Å². The largest absolute Gasteiger partial charge is 0.483 e. The molecule has 1 N–H and O–H groups in total. The Kier molecular flexibility index (Phi) is 6.24. The number of nitrogens with one attached hydrogen (secondary N) is 1. The molecule has 140 valence electrons. The Hall–Kier alpha value is -2.66. The van der Waals surface area contributed by atoms with Crippen molar-refractivity contribution in [3.63, 3.8) is 0 Å². The summed E-state index contributed by atoms with van der Waals surface area (Å²) in [6.45, 7) is 6.61. The number of aryl methyl sites for hydroxylation is 3. The Morgan fingerprint density at radius 1 is 1.07 bits per heavy atom. The Morgan fingerprint density at radius 2 is 1.78 bits per heavy atom. The van der Waals surface area contributed by atoms with Crippen molar-refractivity contribution in [3.8, 4) is 16.3 Å². The van der Waals surface area contributed by atoms with E-state index in [1.807, 2.05) is 32.0 Å². The van der Waals surface area contributed by atoms with Crippen LogP contribution in [-0.2, 0) is 11.2 Å². The van der Waals surface area contributed by atoms with Crippen LogP contribution in [0, 0.1) is 20.8 Å². The first-order chi connectivity index (χ1) is 13.0. The highest BCUT2D eigenvalue weighted by Gasteiger charge is 2.08. The molecule has 27 heavy (non-hydrogen) atoms. The Morgan fingerprint density at radius 3 is 2.48 bits per heavy atom. The Labute approximate surface area is 164 Å². The summed E-state index contributed by atoms with van der Waals surface area (Å²) in [5.41, 5.74) is 5.43. The van der Waals surface area contributed by atoms with Gasteiger partial charge in [0.2, 0.25) is 0 Å². The summed E-state index contributed by atoms with van der Waals surface area (Å²) in [6, 6.07) is 14.3. The molecule has 2 aromatic carbocycles. The normalized spacial score (nSPS) is 10.6. The van der Waals surface area contributed by atoms with Gasteiger partial charge in [-0.05, 0) is 31.9 Å². The molecule has 5 heteroatoms. The molecule has 0 aliphatic rings. The van der Waals surface area contributed by atoms with E-state index in [-0.39, 0.29) is 12.5 Å². The van der Waals surface area contributed by atoms with Gasteiger partial charge in [0.25, 0.3) is 5.91 Å². The van der Waals surface area contributed by atoms with E-state index in [0.29, 0.717) is 13.0 Å². The van der Waals surface area contributed by atoms with Gasteiger partial charge in [0.05, 0.1) is 5.69 Å². The third-order valence-electron chi connectivity index (χ3n) is 4.31. The zero-order chi connectivity index (χ0) is 19.2. The van der Waals surface area contributed by atoms with Crippen molar-refractivity contribution in [2.75, 3.05) is 13.2 Å². The van der Waals surface area contributed by atoms with Crippen molar-refractivity contribution in [2.24, 2.45) is 0 Å². The average Bonchev–Trinajstić information content (AvgIpc) is 3.11. The van der Waals surface area contributed by atoms with Gasteiger partial charge in [0, 0.05) is 23.9 Å². The monoisotopic (exact) mass is 380 g/mol. The maximum atomic E-state index is 12.0. The van der Waals surface area contributed by atoms with E-state index < -0.39 is 0 Å². The molecule has 1 heterocycles. The van der Waals surface area contributed by atoms with E-state index >= 15 is 0 Å². The molecule has 1 aromatic heterocycles.